The van der Waals surface area contributed by atoms with Crippen LogP contribution in [0, 0.1) is 0 Å². The fourth-order valence-electron chi connectivity index (χ4n) is 0.947. The molecule has 0 aliphatic carbocycles. The summed E-state index contributed by atoms with van der Waals surface area (Å²) in [6.07, 6.45) is 3.62. The van der Waals surface area contributed by atoms with E-state index < -0.39 is 0 Å². The molecule has 0 saturated carbocycles. The second-order valence-electron chi connectivity index (χ2n) is 2.13. The number of hydrogen-bond donors (Lipinski definition) is 0. The Morgan fingerprint density at radius 2 is 2.36 bits per heavy atom. The van der Waals surface area contributed by atoms with Crippen LogP contribution in [0.2, 0.25) is 5.02 Å². The molecule has 0 bridgehead atoms. The Balaban J connectivity index is 2.94. The van der Waals surface area contributed by atoms with Gasteiger partial charge in [0.25, 0.3) is 0 Å². The first-order valence-corrected chi connectivity index (χ1v) is 4.23. The highest BCUT2D eigenvalue weighted by Gasteiger charge is 2.01. The molecular weight excluding hydrogens is 227 g/mol. The van der Waals surface area contributed by atoms with E-state index in [1.165, 1.54) is 0 Å². The van der Waals surface area contributed by atoms with Crippen molar-refractivity contribution in [3.05, 3.63) is 34.2 Å². The van der Waals surface area contributed by atoms with E-state index in [9.17, 15) is 0 Å². The van der Waals surface area contributed by atoms with Gasteiger partial charge in [0.15, 0.2) is 5.65 Å². The van der Waals surface area contributed by atoms with Gasteiger partial charge in [0.05, 0.1) is 11.2 Å². The molecule has 0 aliphatic heterocycles. The molecule has 0 aliphatic rings. The maximum atomic E-state index is 5.87. The zero-order valence-electron chi connectivity index (χ0n) is 5.46. The number of imidazole rings is 1. The van der Waals surface area contributed by atoms with Crippen molar-refractivity contribution in [2.75, 3.05) is 0 Å². The van der Waals surface area contributed by atoms with Gasteiger partial charge in [-0.15, -0.1) is 0 Å². The van der Waals surface area contributed by atoms with Crippen molar-refractivity contribution in [2.24, 2.45) is 0 Å². The van der Waals surface area contributed by atoms with E-state index in [2.05, 4.69) is 20.9 Å². The molecule has 2 aromatic heterocycles. The number of nitrogens with zero attached hydrogens (tertiary/aromatic N) is 2. The van der Waals surface area contributed by atoms with Gasteiger partial charge in [-0.2, -0.15) is 0 Å². The third kappa shape index (κ3) is 1.04. The largest absolute Gasteiger partial charge is 0.293 e. The molecule has 0 N–H and O–H groups in total. The Hall–Kier alpha value is -0.540. The van der Waals surface area contributed by atoms with Gasteiger partial charge < -0.3 is 0 Å². The van der Waals surface area contributed by atoms with Gasteiger partial charge in [0.2, 0.25) is 0 Å². The Morgan fingerprint density at radius 3 is 3.09 bits per heavy atom. The van der Waals surface area contributed by atoms with Crippen molar-refractivity contribution in [1.29, 1.82) is 0 Å². The number of fused-ring (bicyclic) bond motifs is 1. The van der Waals surface area contributed by atoms with Crippen LogP contribution in [0.15, 0.2) is 29.1 Å². The number of halogens is 2. The highest BCUT2D eigenvalue weighted by Crippen LogP contribution is 2.19. The fourth-order valence-corrected chi connectivity index (χ4v) is 1.55. The van der Waals surface area contributed by atoms with Crippen LogP contribution < -0.4 is 0 Å². The van der Waals surface area contributed by atoms with Gasteiger partial charge >= 0.3 is 0 Å². The zero-order valence-corrected chi connectivity index (χ0v) is 7.80. The van der Waals surface area contributed by atoms with Gasteiger partial charge in [0, 0.05) is 6.20 Å². The van der Waals surface area contributed by atoms with E-state index in [0.29, 0.717) is 5.02 Å². The number of rotatable bonds is 0. The molecule has 2 aromatic rings. The van der Waals surface area contributed by atoms with Gasteiger partial charge in [0.1, 0.15) is 4.60 Å². The molecule has 11 heavy (non-hydrogen) atoms. The quantitative estimate of drug-likeness (QED) is 0.681. The topological polar surface area (TPSA) is 17.3 Å². The van der Waals surface area contributed by atoms with E-state index in [4.69, 9.17) is 11.6 Å². The van der Waals surface area contributed by atoms with Crippen molar-refractivity contribution in [3.63, 3.8) is 0 Å². The average Bonchev–Trinajstić information content (AvgIpc) is 2.35. The van der Waals surface area contributed by atoms with Crippen molar-refractivity contribution in [3.8, 4) is 0 Å². The lowest BCUT2D eigenvalue weighted by Crippen LogP contribution is -1.82. The Bertz CT molecular complexity index is 396. The lowest BCUT2D eigenvalue weighted by atomic mass is 10.5. The minimum absolute atomic E-state index is 0.665. The molecule has 56 valence electrons. The Morgan fingerprint density at radius 1 is 1.55 bits per heavy atom. The van der Waals surface area contributed by atoms with Crippen LogP contribution in [0.25, 0.3) is 5.65 Å². The van der Waals surface area contributed by atoms with E-state index in [0.717, 1.165) is 10.3 Å². The third-order valence-electron chi connectivity index (χ3n) is 1.44. The minimum Gasteiger partial charge on any atom is -0.293 e. The smallest absolute Gasteiger partial charge is 0.156 e. The molecule has 0 amide bonds. The second-order valence-corrected chi connectivity index (χ2v) is 3.35. The lowest BCUT2D eigenvalue weighted by Gasteiger charge is -1.94. The van der Waals surface area contributed by atoms with Crippen LogP contribution in [0.4, 0.5) is 0 Å². The van der Waals surface area contributed by atoms with Gasteiger partial charge in [-0.3, -0.25) is 4.40 Å². The summed E-state index contributed by atoms with van der Waals surface area (Å²) in [6, 6.07) is 3.69. The normalized spacial score (nSPS) is 10.7. The molecule has 0 radical (unpaired) electrons. The van der Waals surface area contributed by atoms with Crippen LogP contribution in [0.1, 0.15) is 0 Å². The first-order chi connectivity index (χ1) is 5.29. The average molecular weight is 231 g/mol. The maximum absolute atomic E-state index is 5.87. The second kappa shape index (κ2) is 2.50. The van der Waals surface area contributed by atoms with E-state index >= 15 is 0 Å². The summed E-state index contributed by atoms with van der Waals surface area (Å²) in [6.45, 7) is 0. The van der Waals surface area contributed by atoms with Crippen LogP contribution in [-0.4, -0.2) is 9.38 Å². The number of pyridine rings is 1. The summed E-state index contributed by atoms with van der Waals surface area (Å²) in [5.74, 6) is 0. The highest BCUT2D eigenvalue weighted by molar-refractivity contribution is 9.10. The summed E-state index contributed by atoms with van der Waals surface area (Å²) < 4.78 is 2.79. The Labute approximate surface area is 76.9 Å². The molecule has 0 aromatic carbocycles. The number of aromatic nitrogens is 2. The van der Waals surface area contributed by atoms with Crippen molar-refractivity contribution < 1.29 is 0 Å². The summed E-state index contributed by atoms with van der Waals surface area (Å²) >= 11 is 9.21. The molecule has 2 heterocycles. The van der Waals surface area contributed by atoms with E-state index in [-0.39, 0.29) is 0 Å². The molecule has 0 saturated heterocycles. The van der Waals surface area contributed by atoms with E-state index in [1.807, 2.05) is 22.7 Å². The van der Waals surface area contributed by atoms with Crippen LogP contribution in [0.3, 0.4) is 0 Å². The minimum atomic E-state index is 0.665. The first kappa shape index (κ1) is 7.13. The van der Waals surface area contributed by atoms with Gasteiger partial charge in [-0.05, 0) is 28.1 Å². The standard InChI is InChI=1S/C7H4BrClN2/c8-6-4-10-7-5(9)2-1-3-11(6)7/h1-4H. The highest BCUT2D eigenvalue weighted by atomic mass is 79.9. The summed E-state index contributed by atoms with van der Waals surface area (Å²) in [4.78, 5) is 4.10. The molecule has 0 spiro atoms. The third-order valence-corrected chi connectivity index (χ3v) is 2.32. The van der Waals surface area contributed by atoms with Crippen molar-refractivity contribution in [1.82, 2.24) is 9.38 Å². The van der Waals surface area contributed by atoms with Crippen molar-refractivity contribution >= 4 is 33.2 Å². The van der Waals surface area contributed by atoms with Crippen LogP contribution >= 0.6 is 27.5 Å². The molecular formula is C7H4BrClN2. The van der Waals surface area contributed by atoms with Crippen LogP contribution in [-0.2, 0) is 0 Å². The first-order valence-electron chi connectivity index (χ1n) is 3.06. The molecule has 2 nitrogen and oxygen atoms in total. The lowest BCUT2D eigenvalue weighted by molar-refractivity contribution is 1.15. The summed E-state index contributed by atoms with van der Waals surface area (Å²) in [7, 11) is 0. The van der Waals surface area contributed by atoms with Crippen LogP contribution in [0.5, 0.6) is 0 Å². The molecule has 0 fully saturated rings. The predicted molar refractivity (Wildman–Crippen MR) is 47.9 cm³/mol. The monoisotopic (exact) mass is 230 g/mol. The van der Waals surface area contributed by atoms with Gasteiger partial charge in [-0.1, -0.05) is 11.6 Å². The Kier molecular flexibility index (Phi) is 1.62. The zero-order chi connectivity index (χ0) is 7.84. The number of hydrogen-bond acceptors (Lipinski definition) is 1. The summed E-state index contributed by atoms with van der Waals surface area (Å²) in [5, 5.41) is 0.665. The molecule has 0 atom stereocenters. The molecule has 2 rings (SSSR count). The maximum Gasteiger partial charge on any atom is 0.156 e. The van der Waals surface area contributed by atoms with Gasteiger partial charge in [-0.25, -0.2) is 4.98 Å². The summed E-state index contributed by atoms with van der Waals surface area (Å²) in [5.41, 5.74) is 0.779. The SMILES string of the molecule is Clc1cccn2c(Br)cnc12. The molecule has 0 unspecified atom stereocenters. The van der Waals surface area contributed by atoms with E-state index in [1.54, 1.807) is 6.20 Å². The fraction of sp³-hybridized carbons (Fsp3) is 0. The predicted octanol–water partition coefficient (Wildman–Crippen LogP) is 2.75. The van der Waals surface area contributed by atoms with Crippen molar-refractivity contribution in [2.45, 2.75) is 0 Å². The molecule has 4 heteroatoms.